The van der Waals surface area contributed by atoms with Crippen LogP contribution in [0.2, 0.25) is 10.0 Å². The summed E-state index contributed by atoms with van der Waals surface area (Å²) < 4.78 is 27.5. The van der Waals surface area contributed by atoms with Gasteiger partial charge in [-0.05, 0) is 30.3 Å². The zero-order chi connectivity index (χ0) is 17.2. The minimum Gasteiger partial charge on any atom is -0.345 e. The fourth-order valence-electron chi connectivity index (χ4n) is 1.88. The molecule has 0 aliphatic rings. The fourth-order valence-corrected chi connectivity index (χ4v) is 3.73. The number of para-hydroxylation sites is 1. The van der Waals surface area contributed by atoms with E-state index in [0.29, 0.717) is 0 Å². The highest BCUT2D eigenvalue weighted by Crippen LogP contribution is 2.28. The van der Waals surface area contributed by atoms with Crippen molar-refractivity contribution < 1.29 is 13.2 Å². The van der Waals surface area contributed by atoms with Gasteiger partial charge in [-0.3, -0.25) is 9.52 Å². The molecule has 5 nitrogen and oxygen atoms in total. The number of nitrogens with zero attached hydrogens (tertiary/aromatic N) is 1. The van der Waals surface area contributed by atoms with Crippen LogP contribution in [0, 0.1) is 0 Å². The van der Waals surface area contributed by atoms with Crippen LogP contribution in [0.5, 0.6) is 0 Å². The zero-order valence-corrected chi connectivity index (χ0v) is 14.7. The third-order valence-electron chi connectivity index (χ3n) is 2.99. The molecule has 0 radical (unpaired) electrons. The number of carbonyl (C=O) groups is 1. The summed E-state index contributed by atoms with van der Waals surface area (Å²) in [5.41, 5.74) is 0.404. The third kappa shape index (κ3) is 3.96. The molecule has 0 spiro atoms. The number of carbonyl (C=O) groups excluding carboxylic acids is 1. The van der Waals surface area contributed by atoms with E-state index in [4.69, 9.17) is 23.2 Å². The van der Waals surface area contributed by atoms with Crippen molar-refractivity contribution in [2.75, 3.05) is 18.8 Å². The Morgan fingerprint density at radius 1 is 1.09 bits per heavy atom. The van der Waals surface area contributed by atoms with E-state index in [1.807, 2.05) is 0 Å². The minimum atomic E-state index is -3.99. The average Bonchev–Trinajstić information content (AvgIpc) is 2.49. The van der Waals surface area contributed by atoms with Crippen molar-refractivity contribution >= 4 is 44.8 Å². The first-order valence-electron chi connectivity index (χ1n) is 6.51. The Balaban J connectivity index is 2.46. The Labute approximate surface area is 144 Å². The Hall–Kier alpha value is -1.76. The number of nitrogens with one attached hydrogen (secondary N) is 1. The Kier molecular flexibility index (Phi) is 5.19. The van der Waals surface area contributed by atoms with E-state index in [1.54, 1.807) is 32.3 Å². The molecule has 2 aromatic carbocycles. The quantitative estimate of drug-likeness (QED) is 0.892. The first-order chi connectivity index (χ1) is 10.7. The lowest BCUT2D eigenvalue weighted by atomic mass is 10.1. The van der Waals surface area contributed by atoms with Crippen molar-refractivity contribution in [1.82, 2.24) is 4.90 Å². The van der Waals surface area contributed by atoms with E-state index >= 15 is 0 Å². The second-order valence-corrected chi connectivity index (χ2v) is 7.42. The lowest BCUT2D eigenvalue weighted by molar-refractivity contribution is 0.0828. The van der Waals surface area contributed by atoms with Gasteiger partial charge in [-0.1, -0.05) is 35.3 Å². The van der Waals surface area contributed by atoms with Crippen LogP contribution in [0.15, 0.2) is 47.4 Å². The smallest absolute Gasteiger partial charge is 0.263 e. The van der Waals surface area contributed by atoms with Crippen LogP contribution < -0.4 is 4.72 Å². The Bertz CT molecular complexity index is 852. The maximum absolute atomic E-state index is 12.5. The lowest BCUT2D eigenvalue weighted by Gasteiger charge is -2.16. The molecule has 0 unspecified atom stereocenters. The lowest BCUT2D eigenvalue weighted by Crippen LogP contribution is -2.24. The van der Waals surface area contributed by atoms with Gasteiger partial charge in [0.2, 0.25) is 0 Å². The van der Waals surface area contributed by atoms with E-state index in [-0.39, 0.29) is 32.1 Å². The van der Waals surface area contributed by atoms with Crippen LogP contribution >= 0.6 is 23.2 Å². The van der Waals surface area contributed by atoms with Crippen molar-refractivity contribution in [3.05, 3.63) is 58.1 Å². The first-order valence-corrected chi connectivity index (χ1v) is 8.75. The Morgan fingerprint density at radius 2 is 1.74 bits per heavy atom. The number of hydrogen-bond acceptors (Lipinski definition) is 3. The molecule has 0 bridgehead atoms. The molecule has 1 amide bonds. The highest BCUT2D eigenvalue weighted by atomic mass is 35.5. The second kappa shape index (κ2) is 6.78. The highest BCUT2D eigenvalue weighted by Gasteiger charge is 2.22. The predicted molar refractivity (Wildman–Crippen MR) is 91.7 cm³/mol. The first kappa shape index (κ1) is 17.6. The van der Waals surface area contributed by atoms with Crippen molar-refractivity contribution in [3.8, 4) is 0 Å². The summed E-state index contributed by atoms with van der Waals surface area (Å²) in [5.74, 6) is -0.319. The van der Waals surface area contributed by atoms with Gasteiger partial charge in [0.15, 0.2) is 0 Å². The molecule has 8 heteroatoms. The molecule has 0 fully saturated rings. The van der Waals surface area contributed by atoms with Crippen LogP contribution in [-0.2, 0) is 10.0 Å². The van der Waals surface area contributed by atoms with Crippen LogP contribution in [0.25, 0.3) is 0 Å². The van der Waals surface area contributed by atoms with Gasteiger partial charge < -0.3 is 4.90 Å². The molecular formula is C15H14Cl2N2O3S. The molecule has 0 heterocycles. The van der Waals surface area contributed by atoms with Gasteiger partial charge in [0, 0.05) is 19.1 Å². The summed E-state index contributed by atoms with van der Waals surface area (Å²) in [6.45, 7) is 0. The summed E-state index contributed by atoms with van der Waals surface area (Å²) in [6.07, 6.45) is 0. The zero-order valence-electron chi connectivity index (χ0n) is 12.4. The number of anilines is 1. The fraction of sp³-hybridized carbons (Fsp3) is 0.133. The molecule has 0 aliphatic carbocycles. The monoisotopic (exact) mass is 372 g/mol. The van der Waals surface area contributed by atoms with Gasteiger partial charge >= 0.3 is 0 Å². The highest BCUT2D eigenvalue weighted by molar-refractivity contribution is 7.92. The number of halogens is 2. The second-order valence-electron chi connectivity index (χ2n) is 4.93. The standard InChI is InChI=1S/C15H14Cl2N2O3S/c1-19(2)15(20)11-5-3-4-6-13(11)18-23(21,22)14-9-10(16)7-8-12(14)17/h3-9,18H,1-2H3. The van der Waals surface area contributed by atoms with Crippen molar-refractivity contribution in [2.45, 2.75) is 4.90 Å². The maximum atomic E-state index is 12.5. The van der Waals surface area contributed by atoms with E-state index < -0.39 is 10.0 Å². The van der Waals surface area contributed by atoms with Crippen LogP contribution in [-0.4, -0.2) is 33.3 Å². The van der Waals surface area contributed by atoms with E-state index in [2.05, 4.69) is 4.72 Å². The van der Waals surface area contributed by atoms with Gasteiger partial charge in [0.05, 0.1) is 16.3 Å². The minimum absolute atomic E-state index is 0.0401. The molecule has 1 N–H and O–H groups in total. The van der Waals surface area contributed by atoms with E-state index in [1.165, 1.54) is 29.2 Å². The van der Waals surface area contributed by atoms with Crippen LogP contribution in [0.1, 0.15) is 10.4 Å². The molecule has 0 saturated carbocycles. The number of rotatable bonds is 4. The third-order valence-corrected chi connectivity index (χ3v) is 5.07. The van der Waals surface area contributed by atoms with Gasteiger partial charge in [-0.15, -0.1) is 0 Å². The van der Waals surface area contributed by atoms with Crippen molar-refractivity contribution in [1.29, 1.82) is 0 Å². The number of amides is 1. The van der Waals surface area contributed by atoms with Gasteiger partial charge in [0.25, 0.3) is 15.9 Å². The number of hydrogen-bond donors (Lipinski definition) is 1. The summed E-state index contributed by atoms with van der Waals surface area (Å²) in [5, 5.41) is 0.283. The molecular weight excluding hydrogens is 359 g/mol. The number of sulfonamides is 1. The summed E-state index contributed by atoms with van der Waals surface area (Å²) >= 11 is 11.8. The molecule has 122 valence electrons. The molecule has 0 saturated heterocycles. The summed E-state index contributed by atoms with van der Waals surface area (Å²) in [6, 6.07) is 10.5. The molecule has 0 aliphatic heterocycles. The van der Waals surface area contributed by atoms with Crippen molar-refractivity contribution in [2.24, 2.45) is 0 Å². The van der Waals surface area contributed by atoms with Crippen LogP contribution in [0.3, 0.4) is 0 Å². The summed E-state index contributed by atoms with van der Waals surface area (Å²) in [4.78, 5) is 13.4. The molecule has 23 heavy (non-hydrogen) atoms. The topological polar surface area (TPSA) is 66.5 Å². The van der Waals surface area contributed by atoms with Gasteiger partial charge in [0.1, 0.15) is 4.90 Å². The molecule has 0 aromatic heterocycles. The summed E-state index contributed by atoms with van der Waals surface area (Å²) in [7, 11) is -0.816. The molecule has 0 atom stereocenters. The molecule has 2 rings (SSSR count). The van der Waals surface area contributed by atoms with Crippen LogP contribution in [0.4, 0.5) is 5.69 Å². The maximum Gasteiger partial charge on any atom is 0.263 e. The largest absolute Gasteiger partial charge is 0.345 e. The van der Waals surface area contributed by atoms with E-state index in [0.717, 1.165) is 0 Å². The SMILES string of the molecule is CN(C)C(=O)c1ccccc1NS(=O)(=O)c1cc(Cl)ccc1Cl. The normalized spacial score (nSPS) is 11.1. The van der Waals surface area contributed by atoms with Gasteiger partial charge in [-0.2, -0.15) is 0 Å². The average molecular weight is 373 g/mol. The van der Waals surface area contributed by atoms with E-state index in [9.17, 15) is 13.2 Å². The predicted octanol–water partition coefficient (Wildman–Crippen LogP) is 3.50. The van der Waals surface area contributed by atoms with Gasteiger partial charge in [-0.25, -0.2) is 8.42 Å². The Morgan fingerprint density at radius 3 is 2.39 bits per heavy atom. The van der Waals surface area contributed by atoms with Crippen molar-refractivity contribution in [3.63, 3.8) is 0 Å². The number of benzene rings is 2. The molecule has 2 aromatic rings.